The molecule has 1 N–H and O–H groups in total. The first-order valence-corrected chi connectivity index (χ1v) is 10.8. The molecule has 0 spiro atoms. The molecule has 3 rings (SSSR count). The molecular formula is C19H29N5O2S. The minimum absolute atomic E-state index is 0.0424. The predicted octanol–water partition coefficient (Wildman–Crippen LogP) is 3.31. The Bertz CT molecular complexity index is 706. The van der Waals surface area contributed by atoms with Gasteiger partial charge >= 0.3 is 0 Å². The largest absolute Gasteiger partial charge is 0.467 e. The number of furan rings is 1. The van der Waals surface area contributed by atoms with Gasteiger partial charge in [-0.3, -0.25) is 9.36 Å². The highest BCUT2D eigenvalue weighted by molar-refractivity contribution is 7.99. The summed E-state index contributed by atoms with van der Waals surface area (Å²) in [5.41, 5.74) is 0. The van der Waals surface area contributed by atoms with E-state index in [2.05, 4.69) is 38.8 Å². The highest BCUT2D eigenvalue weighted by Crippen LogP contribution is 2.25. The van der Waals surface area contributed by atoms with E-state index in [4.69, 9.17) is 4.42 Å². The molecule has 0 bridgehead atoms. The Morgan fingerprint density at radius 1 is 1.26 bits per heavy atom. The predicted molar refractivity (Wildman–Crippen MR) is 107 cm³/mol. The second-order valence-corrected chi connectivity index (χ2v) is 7.81. The molecule has 0 radical (unpaired) electrons. The van der Waals surface area contributed by atoms with Gasteiger partial charge in [0.2, 0.25) is 11.9 Å². The molecule has 1 aliphatic heterocycles. The number of carbonyl (C=O) groups is 1. The molecule has 3 heterocycles. The van der Waals surface area contributed by atoms with E-state index < -0.39 is 0 Å². The number of hydrogen-bond acceptors (Lipinski definition) is 6. The lowest BCUT2D eigenvalue weighted by molar-refractivity contribution is -0.119. The fourth-order valence-corrected chi connectivity index (χ4v) is 4.05. The topological polar surface area (TPSA) is 76.2 Å². The van der Waals surface area contributed by atoms with E-state index in [9.17, 15) is 4.79 Å². The Labute approximate surface area is 164 Å². The van der Waals surface area contributed by atoms with Crippen molar-refractivity contribution in [2.45, 2.75) is 63.7 Å². The Hall–Kier alpha value is -1.96. The van der Waals surface area contributed by atoms with Gasteiger partial charge in [0.1, 0.15) is 5.76 Å². The SMILES string of the molecule is CCC(CC)NC(=O)CSc1nnc(N2CCCCC2)n1Cc1ccco1. The van der Waals surface area contributed by atoms with Crippen molar-refractivity contribution in [1.82, 2.24) is 20.1 Å². The Kier molecular flexibility index (Phi) is 7.20. The summed E-state index contributed by atoms with van der Waals surface area (Å²) in [6.07, 6.45) is 7.18. The molecule has 0 aliphatic carbocycles. The van der Waals surface area contributed by atoms with Gasteiger partial charge in [-0.25, -0.2) is 0 Å². The van der Waals surface area contributed by atoms with Crippen LogP contribution in [0.4, 0.5) is 5.95 Å². The van der Waals surface area contributed by atoms with Crippen LogP contribution in [0.15, 0.2) is 28.0 Å². The van der Waals surface area contributed by atoms with Crippen molar-refractivity contribution >= 4 is 23.6 Å². The third-order valence-electron chi connectivity index (χ3n) is 4.91. The molecule has 2 aromatic heterocycles. The van der Waals surface area contributed by atoms with Crippen LogP contribution in [0.25, 0.3) is 0 Å². The maximum Gasteiger partial charge on any atom is 0.230 e. The van der Waals surface area contributed by atoms with Crippen LogP contribution in [0.2, 0.25) is 0 Å². The van der Waals surface area contributed by atoms with E-state index in [1.807, 2.05) is 12.1 Å². The van der Waals surface area contributed by atoms with Crippen molar-refractivity contribution < 1.29 is 9.21 Å². The summed E-state index contributed by atoms with van der Waals surface area (Å²) < 4.78 is 7.60. The fourth-order valence-electron chi connectivity index (χ4n) is 3.30. The van der Waals surface area contributed by atoms with Crippen LogP contribution in [-0.2, 0) is 11.3 Å². The van der Waals surface area contributed by atoms with Crippen molar-refractivity contribution in [3.63, 3.8) is 0 Å². The number of aromatic nitrogens is 3. The number of rotatable bonds is 9. The zero-order valence-electron chi connectivity index (χ0n) is 16.2. The average molecular weight is 392 g/mol. The highest BCUT2D eigenvalue weighted by Gasteiger charge is 2.22. The van der Waals surface area contributed by atoms with Crippen LogP contribution in [0, 0.1) is 0 Å². The molecular weight excluding hydrogens is 362 g/mol. The van der Waals surface area contributed by atoms with Gasteiger partial charge in [0, 0.05) is 19.1 Å². The van der Waals surface area contributed by atoms with Crippen molar-refractivity contribution in [3.05, 3.63) is 24.2 Å². The second kappa shape index (κ2) is 9.82. The highest BCUT2D eigenvalue weighted by atomic mass is 32.2. The number of piperidine rings is 1. The van der Waals surface area contributed by atoms with E-state index in [0.717, 1.165) is 42.8 Å². The quantitative estimate of drug-likeness (QED) is 0.661. The number of amides is 1. The number of anilines is 1. The van der Waals surface area contributed by atoms with Crippen LogP contribution in [-0.4, -0.2) is 45.6 Å². The molecule has 0 atom stereocenters. The van der Waals surface area contributed by atoms with Crippen molar-refractivity contribution in [2.75, 3.05) is 23.7 Å². The van der Waals surface area contributed by atoms with E-state index in [1.165, 1.54) is 31.0 Å². The molecule has 0 saturated carbocycles. The summed E-state index contributed by atoms with van der Waals surface area (Å²) in [6, 6.07) is 4.08. The van der Waals surface area contributed by atoms with Crippen LogP contribution < -0.4 is 10.2 Å². The van der Waals surface area contributed by atoms with E-state index in [0.29, 0.717) is 12.3 Å². The zero-order chi connectivity index (χ0) is 19.1. The van der Waals surface area contributed by atoms with Crippen LogP contribution in [0.3, 0.4) is 0 Å². The lowest BCUT2D eigenvalue weighted by atomic mass is 10.1. The smallest absolute Gasteiger partial charge is 0.230 e. The standard InChI is InChI=1S/C19H29N5O2S/c1-3-15(4-2)20-17(25)14-27-19-22-21-18(23-10-6-5-7-11-23)24(19)13-16-9-8-12-26-16/h8-9,12,15H,3-7,10-11,13-14H2,1-2H3,(H,20,25). The number of carbonyl (C=O) groups excluding carboxylic acids is 1. The molecule has 148 valence electrons. The summed E-state index contributed by atoms with van der Waals surface area (Å²) >= 11 is 1.43. The average Bonchev–Trinajstić information content (AvgIpc) is 3.35. The maximum absolute atomic E-state index is 12.3. The Morgan fingerprint density at radius 2 is 2.04 bits per heavy atom. The maximum atomic E-state index is 12.3. The van der Waals surface area contributed by atoms with Gasteiger partial charge in [-0.15, -0.1) is 10.2 Å². The van der Waals surface area contributed by atoms with E-state index >= 15 is 0 Å². The van der Waals surface area contributed by atoms with Crippen molar-refractivity contribution in [3.8, 4) is 0 Å². The van der Waals surface area contributed by atoms with Gasteiger partial charge in [0.05, 0.1) is 18.6 Å². The third kappa shape index (κ3) is 5.28. The Balaban J connectivity index is 1.71. The Morgan fingerprint density at radius 3 is 2.70 bits per heavy atom. The van der Waals surface area contributed by atoms with Gasteiger partial charge in [-0.2, -0.15) is 0 Å². The summed E-state index contributed by atoms with van der Waals surface area (Å²) in [5, 5.41) is 12.6. The van der Waals surface area contributed by atoms with Crippen LogP contribution >= 0.6 is 11.8 Å². The van der Waals surface area contributed by atoms with Gasteiger partial charge in [-0.05, 0) is 44.2 Å². The van der Waals surface area contributed by atoms with Gasteiger partial charge in [-0.1, -0.05) is 25.6 Å². The summed E-state index contributed by atoms with van der Waals surface area (Å²) in [7, 11) is 0. The molecule has 2 aromatic rings. The molecule has 7 nitrogen and oxygen atoms in total. The monoisotopic (exact) mass is 391 g/mol. The van der Waals surface area contributed by atoms with Crippen molar-refractivity contribution in [1.29, 1.82) is 0 Å². The number of nitrogens with one attached hydrogen (secondary N) is 1. The number of nitrogens with zero attached hydrogens (tertiary/aromatic N) is 4. The third-order valence-corrected chi connectivity index (χ3v) is 5.88. The molecule has 1 saturated heterocycles. The molecule has 0 unspecified atom stereocenters. The molecule has 8 heteroatoms. The number of hydrogen-bond donors (Lipinski definition) is 1. The van der Waals surface area contributed by atoms with Gasteiger partial charge in [0.15, 0.2) is 5.16 Å². The minimum Gasteiger partial charge on any atom is -0.467 e. The second-order valence-electron chi connectivity index (χ2n) is 6.87. The van der Waals surface area contributed by atoms with Crippen LogP contribution in [0.5, 0.6) is 0 Å². The lowest BCUT2D eigenvalue weighted by Crippen LogP contribution is -2.35. The van der Waals surface area contributed by atoms with Gasteiger partial charge < -0.3 is 14.6 Å². The first-order chi connectivity index (χ1) is 13.2. The fraction of sp³-hybridized carbons (Fsp3) is 0.632. The summed E-state index contributed by atoms with van der Waals surface area (Å²) in [4.78, 5) is 14.5. The molecule has 0 aromatic carbocycles. The summed E-state index contributed by atoms with van der Waals surface area (Å²) in [5.74, 6) is 2.11. The van der Waals surface area contributed by atoms with Crippen molar-refractivity contribution in [2.24, 2.45) is 0 Å². The van der Waals surface area contributed by atoms with E-state index in [-0.39, 0.29) is 11.9 Å². The van der Waals surface area contributed by atoms with Crippen LogP contribution in [0.1, 0.15) is 51.7 Å². The lowest BCUT2D eigenvalue weighted by Gasteiger charge is -2.27. The first kappa shape index (κ1) is 19.8. The molecule has 1 aliphatic rings. The normalized spacial score (nSPS) is 14.7. The zero-order valence-corrected chi connectivity index (χ0v) is 17.0. The number of thioether (sulfide) groups is 1. The first-order valence-electron chi connectivity index (χ1n) is 9.84. The molecule has 1 amide bonds. The molecule has 27 heavy (non-hydrogen) atoms. The van der Waals surface area contributed by atoms with E-state index in [1.54, 1.807) is 6.26 Å². The minimum atomic E-state index is 0.0424. The summed E-state index contributed by atoms with van der Waals surface area (Å²) in [6.45, 7) is 6.74. The molecule has 1 fully saturated rings. The van der Waals surface area contributed by atoms with Gasteiger partial charge in [0.25, 0.3) is 0 Å².